The maximum Gasteiger partial charge on any atom is 0.275 e. The largest absolute Gasteiger partial charge is 0.340 e. The molecule has 198 valence electrons. The number of pyridine rings is 1. The Morgan fingerprint density at radius 2 is 1.90 bits per heavy atom. The summed E-state index contributed by atoms with van der Waals surface area (Å²) in [7, 11) is 3.47. The first-order valence-electron chi connectivity index (χ1n) is 12.7. The molecule has 0 spiro atoms. The molecule has 0 bridgehead atoms. The summed E-state index contributed by atoms with van der Waals surface area (Å²) < 4.78 is 3.42. The number of carbonyl (C=O) groups excluding carboxylic acids is 2. The molecule has 2 amide bonds. The number of likely N-dealkylation sites (N-methyl/N-ethyl adjacent to an activating group) is 1. The van der Waals surface area contributed by atoms with E-state index < -0.39 is 0 Å². The van der Waals surface area contributed by atoms with Crippen molar-refractivity contribution in [2.45, 2.75) is 13.5 Å². The second-order valence-corrected chi connectivity index (χ2v) is 9.81. The number of hydrogen-bond acceptors (Lipinski definition) is 7. The van der Waals surface area contributed by atoms with Gasteiger partial charge in [-0.2, -0.15) is 4.98 Å². The van der Waals surface area contributed by atoms with Crippen molar-refractivity contribution in [2.24, 2.45) is 7.05 Å². The van der Waals surface area contributed by atoms with Gasteiger partial charge in [-0.25, -0.2) is 4.98 Å². The summed E-state index contributed by atoms with van der Waals surface area (Å²) in [6, 6.07) is 9.36. The van der Waals surface area contributed by atoms with Gasteiger partial charge < -0.3 is 24.6 Å². The molecule has 3 aromatic heterocycles. The molecule has 0 fully saturated rings. The van der Waals surface area contributed by atoms with E-state index in [1.807, 2.05) is 40.8 Å². The summed E-state index contributed by atoms with van der Waals surface area (Å²) in [5.74, 6) is 0.118. The fourth-order valence-electron chi connectivity index (χ4n) is 5.34. The van der Waals surface area contributed by atoms with Gasteiger partial charge in [-0.1, -0.05) is 18.7 Å². The molecule has 5 heterocycles. The molecule has 6 rings (SSSR count). The Balaban J connectivity index is 1.37. The third kappa shape index (κ3) is 3.94. The molecule has 0 saturated heterocycles. The van der Waals surface area contributed by atoms with Gasteiger partial charge in [0.1, 0.15) is 17.0 Å². The van der Waals surface area contributed by atoms with E-state index in [0.29, 0.717) is 60.2 Å². The van der Waals surface area contributed by atoms with Gasteiger partial charge in [0.2, 0.25) is 5.95 Å². The Morgan fingerprint density at radius 3 is 2.69 bits per heavy atom. The highest BCUT2D eigenvalue weighted by Gasteiger charge is 2.30. The van der Waals surface area contributed by atoms with Gasteiger partial charge in [-0.15, -0.1) is 0 Å². The number of nitrogens with zero attached hydrogens (tertiary/aromatic N) is 7. The third-order valence-corrected chi connectivity index (χ3v) is 7.38. The summed E-state index contributed by atoms with van der Waals surface area (Å²) in [6.07, 6.45) is 4.85. The zero-order valence-corrected chi connectivity index (χ0v) is 22.0. The number of nitrogens with one attached hydrogen (secondary N) is 1. The van der Waals surface area contributed by atoms with E-state index in [9.17, 15) is 14.4 Å². The van der Waals surface area contributed by atoms with Gasteiger partial charge in [-0.05, 0) is 36.8 Å². The van der Waals surface area contributed by atoms with Crippen LogP contribution < -0.4 is 20.7 Å². The molecule has 0 atom stereocenters. The monoisotopic (exact) mass is 524 g/mol. The minimum Gasteiger partial charge on any atom is -0.340 e. The van der Waals surface area contributed by atoms with Crippen molar-refractivity contribution in [1.82, 2.24) is 24.0 Å². The van der Waals surface area contributed by atoms with Crippen LogP contribution in [0.1, 0.15) is 16.1 Å². The Bertz CT molecular complexity index is 1740. The number of para-hydroxylation sites is 1. The highest BCUT2D eigenvalue weighted by atomic mass is 16.2. The van der Waals surface area contributed by atoms with Crippen LogP contribution >= 0.6 is 0 Å². The lowest BCUT2D eigenvalue weighted by molar-refractivity contribution is -0.114. The molecule has 0 unspecified atom stereocenters. The lowest BCUT2D eigenvalue weighted by atomic mass is 10.1. The Kier molecular flexibility index (Phi) is 5.71. The first-order chi connectivity index (χ1) is 18.8. The van der Waals surface area contributed by atoms with Gasteiger partial charge in [-0.3, -0.25) is 19.0 Å². The molecular weight excluding hydrogens is 496 g/mol. The number of hydrogen-bond donors (Lipinski definition) is 1. The molecule has 11 heteroatoms. The Labute approximate surface area is 224 Å². The maximum absolute atomic E-state index is 13.6. The van der Waals surface area contributed by atoms with E-state index in [1.165, 1.54) is 10.6 Å². The second kappa shape index (κ2) is 9.12. The normalized spacial score (nSPS) is 14.8. The summed E-state index contributed by atoms with van der Waals surface area (Å²) in [5.41, 5.74) is 4.54. The summed E-state index contributed by atoms with van der Waals surface area (Å²) in [4.78, 5) is 53.0. The average Bonchev–Trinajstić information content (AvgIpc) is 3.35. The molecule has 0 radical (unpaired) electrons. The van der Waals surface area contributed by atoms with E-state index in [4.69, 9.17) is 0 Å². The number of rotatable bonds is 4. The summed E-state index contributed by atoms with van der Waals surface area (Å²) in [6.45, 7) is 7.82. The second-order valence-electron chi connectivity index (χ2n) is 9.81. The van der Waals surface area contributed by atoms with Crippen molar-refractivity contribution in [3.05, 3.63) is 77.0 Å². The van der Waals surface area contributed by atoms with Gasteiger partial charge in [0.05, 0.1) is 17.1 Å². The van der Waals surface area contributed by atoms with Crippen LogP contribution in [-0.2, 0) is 18.4 Å². The van der Waals surface area contributed by atoms with Crippen LogP contribution in [0.15, 0.2) is 60.2 Å². The van der Waals surface area contributed by atoms with Crippen LogP contribution in [0.4, 0.5) is 28.7 Å². The zero-order valence-electron chi connectivity index (χ0n) is 22.0. The van der Waals surface area contributed by atoms with Gasteiger partial charge in [0.25, 0.3) is 17.4 Å². The van der Waals surface area contributed by atoms with Crippen molar-refractivity contribution in [3.8, 4) is 0 Å². The van der Waals surface area contributed by atoms with Crippen LogP contribution in [0.5, 0.6) is 0 Å². The number of aryl methyl sites for hydroxylation is 2. The molecule has 39 heavy (non-hydrogen) atoms. The van der Waals surface area contributed by atoms with Crippen LogP contribution in [0.25, 0.3) is 11.0 Å². The van der Waals surface area contributed by atoms with Crippen LogP contribution in [-0.4, -0.2) is 62.5 Å². The van der Waals surface area contributed by atoms with E-state index in [0.717, 1.165) is 16.9 Å². The standard InChI is InChI=1S/C28H28N8O3/c1-5-23(37)36-12-11-35(20-8-6-7-17(2)24(20)36)22-13-18-15-29-28(31-25(18)33(4)27(22)39)30-19-14-21-26(38)32(3)9-10-34(21)16-19/h5-8,13-16H,1,9-12H2,2-4H3,(H,29,30,31). The molecule has 2 aliphatic heterocycles. The number of benzene rings is 1. The summed E-state index contributed by atoms with van der Waals surface area (Å²) >= 11 is 0. The molecule has 0 aliphatic carbocycles. The fraction of sp³-hybridized carbons (Fsp3) is 0.250. The number of aromatic nitrogens is 4. The smallest absolute Gasteiger partial charge is 0.275 e. The predicted octanol–water partition coefficient (Wildman–Crippen LogP) is 2.94. The quantitative estimate of drug-likeness (QED) is 0.409. The van der Waals surface area contributed by atoms with Crippen molar-refractivity contribution in [2.75, 3.05) is 41.8 Å². The lowest BCUT2D eigenvalue weighted by Crippen LogP contribution is -2.43. The fourth-order valence-corrected chi connectivity index (χ4v) is 5.34. The van der Waals surface area contributed by atoms with Crippen molar-refractivity contribution >= 4 is 51.5 Å². The van der Waals surface area contributed by atoms with E-state index in [1.54, 1.807) is 42.2 Å². The highest BCUT2D eigenvalue weighted by molar-refractivity contribution is 6.05. The molecule has 2 aliphatic rings. The van der Waals surface area contributed by atoms with Crippen molar-refractivity contribution in [3.63, 3.8) is 0 Å². The van der Waals surface area contributed by atoms with Gasteiger partial charge in [0.15, 0.2) is 0 Å². The maximum atomic E-state index is 13.6. The molecule has 4 aromatic rings. The number of fused-ring (bicyclic) bond motifs is 3. The van der Waals surface area contributed by atoms with E-state index >= 15 is 0 Å². The number of anilines is 5. The third-order valence-electron chi connectivity index (χ3n) is 7.38. The molecule has 1 aromatic carbocycles. The zero-order chi connectivity index (χ0) is 27.4. The predicted molar refractivity (Wildman–Crippen MR) is 150 cm³/mol. The first kappa shape index (κ1) is 24.4. The minimum atomic E-state index is -0.212. The van der Waals surface area contributed by atoms with Crippen LogP contribution in [0.3, 0.4) is 0 Å². The van der Waals surface area contributed by atoms with E-state index in [-0.39, 0.29) is 17.4 Å². The first-order valence-corrected chi connectivity index (χ1v) is 12.7. The molecular formula is C28H28N8O3. The lowest BCUT2D eigenvalue weighted by Gasteiger charge is -2.38. The number of amides is 2. The minimum absolute atomic E-state index is 0.0323. The van der Waals surface area contributed by atoms with Gasteiger partial charge in [0, 0.05) is 58.1 Å². The summed E-state index contributed by atoms with van der Waals surface area (Å²) in [5, 5.41) is 3.87. The van der Waals surface area contributed by atoms with Crippen molar-refractivity contribution in [1.29, 1.82) is 0 Å². The Morgan fingerprint density at radius 1 is 1.08 bits per heavy atom. The SMILES string of the molecule is C=CC(=O)N1CCN(c2cc3cnc(Nc4cc5n(c4)CCN(C)C5=O)nc3n(C)c2=O)c2cccc(C)c21. The molecule has 1 N–H and O–H groups in total. The number of carbonyl (C=O) groups is 2. The van der Waals surface area contributed by atoms with Crippen molar-refractivity contribution < 1.29 is 9.59 Å². The van der Waals surface area contributed by atoms with E-state index in [2.05, 4.69) is 21.9 Å². The topological polar surface area (TPSA) is 109 Å². The molecule has 0 saturated carbocycles. The molecule has 11 nitrogen and oxygen atoms in total. The highest BCUT2D eigenvalue weighted by Crippen LogP contribution is 2.39. The van der Waals surface area contributed by atoms with Crippen LogP contribution in [0, 0.1) is 6.92 Å². The average molecular weight is 525 g/mol. The van der Waals surface area contributed by atoms with Crippen LogP contribution in [0.2, 0.25) is 0 Å². The van der Waals surface area contributed by atoms with Gasteiger partial charge >= 0.3 is 0 Å². The Hall–Kier alpha value is -4.93.